The summed E-state index contributed by atoms with van der Waals surface area (Å²) in [6.45, 7) is -0.597. The molecule has 0 radical (unpaired) electrons. The number of hydrogen-bond donors (Lipinski definition) is 0. The smallest absolute Gasteiger partial charge is 0.166 e. The van der Waals surface area contributed by atoms with E-state index in [4.69, 9.17) is 11.6 Å². The molecule has 0 unspecified atom stereocenters. The van der Waals surface area contributed by atoms with Gasteiger partial charge in [0.2, 0.25) is 0 Å². The first-order chi connectivity index (χ1) is 8.78. The zero-order valence-electron chi connectivity index (χ0n) is 9.29. The van der Waals surface area contributed by atoms with Gasteiger partial charge in [-0.3, -0.25) is 0 Å². The molecule has 18 heavy (non-hydrogen) atoms. The van der Waals surface area contributed by atoms with E-state index in [1.807, 2.05) is 0 Å². The van der Waals surface area contributed by atoms with E-state index < -0.39 is 6.80 Å². The van der Waals surface area contributed by atoms with Crippen molar-refractivity contribution in [1.82, 2.24) is 24.1 Å². The predicted octanol–water partition coefficient (Wildman–Crippen LogP) is 2.10. The number of hydrogen-bond acceptors (Lipinski definition) is 3. The van der Waals surface area contributed by atoms with Crippen LogP contribution in [0.1, 0.15) is 11.4 Å². The van der Waals surface area contributed by atoms with Crippen LogP contribution in [0.5, 0.6) is 0 Å². The Labute approximate surface area is 107 Å². The second-order valence-corrected chi connectivity index (χ2v) is 4.21. The third-order valence-corrected chi connectivity index (χ3v) is 2.89. The zero-order chi connectivity index (χ0) is 12.5. The highest BCUT2D eigenvalue weighted by molar-refractivity contribution is 6.29. The lowest BCUT2D eigenvalue weighted by molar-refractivity contribution is 0.370. The van der Waals surface area contributed by atoms with Gasteiger partial charge in [-0.1, -0.05) is 11.6 Å². The van der Waals surface area contributed by atoms with Crippen molar-refractivity contribution in [1.29, 1.82) is 0 Å². The van der Waals surface area contributed by atoms with E-state index in [1.165, 1.54) is 10.9 Å². The highest BCUT2D eigenvalue weighted by Gasteiger charge is 2.09. The second-order valence-electron chi connectivity index (χ2n) is 3.83. The van der Waals surface area contributed by atoms with E-state index >= 15 is 0 Å². The summed E-state index contributed by atoms with van der Waals surface area (Å²) in [5, 5.41) is 4.56. The molecule has 3 aromatic heterocycles. The summed E-state index contributed by atoms with van der Waals surface area (Å²) >= 11 is 5.85. The van der Waals surface area contributed by atoms with Crippen molar-refractivity contribution in [3.63, 3.8) is 0 Å². The molecule has 3 heterocycles. The molecule has 92 valence electrons. The largest absolute Gasteiger partial charge is 0.306 e. The van der Waals surface area contributed by atoms with Crippen molar-refractivity contribution < 1.29 is 4.39 Å². The van der Waals surface area contributed by atoms with E-state index in [0.29, 0.717) is 17.2 Å². The Bertz CT molecular complexity index is 690. The molecule has 0 aliphatic carbocycles. The van der Waals surface area contributed by atoms with Crippen LogP contribution in [0.2, 0.25) is 5.15 Å². The van der Waals surface area contributed by atoms with Crippen LogP contribution < -0.4 is 0 Å². The molecule has 0 bridgehead atoms. The van der Waals surface area contributed by atoms with Crippen molar-refractivity contribution in [2.45, 2.75) is 13.2 Å². The average Bonchev–Trinajstić information content (AvgIpc) is 2.97. The SMILES string of the molecule is FCn1cncc1Cc1cnc2ccc(Cl)nn12. The molecule has 0 N–H and O–H groups in total. The summed E-state index contributed by atoms with van der Waals surface area (Å²) in [7, 11) is 0. The number of imidazole rings is 2. The Hall–Kier alpha value is -1.95. The number of halogens is 2. The minimum atomic E-state index is -0.597. The van der Waals surface area contributed by atoms with Crippen molar-refractivity contribution >= 4 is 17.2 Å². The first-order valence-corrected chi connectivity index (χ1v) is 5.70. The molecule has 0 spiro atoms. The highest BCUT2D eigenvalue weighted by Crippen LogP contribution is 2.13. The lowest BCUT2D eigenvalue weighted by Crippen LogP contribution is -2.03. The van der Waals surface area contributed by atoms with Gasteiger partial charge in [-0.2, -0.15) is 5.10 Å². The predicted molar refractivity (Wildman–Crippen MR) is 64.1 cm³/mol. The van der Waals surface area contributed by atoms with Gasteiger partial charge in [0.15, 0.2) is 12.4 Å². The normalized spacial score (nSPS) is 11.2. The Morgan fingerprint density at radius 2 is 2.11 bits per heavy atom. The molecule has 3 aromatic rings. The number of nitrogens with zero attached hydrogens (tertiary/aromatic N) is 5. The molecule has 0 saturated carbocycles. The minimum Gasteiger partial charge on any atom is -0.306 e. The molecule has 0 aromatic carbocycles. The molecule has 0 fully saturated rings. The Morgan fingerprint density at radius 1 is 1.22 bits per heavy atom. The van der Waals surface area contributed by atoms with Crippen LogP contribution in [0.15, 0.2) is 30.9 Å². The molecule has 0 atom stereocenters. The van der Waals surface area contributed by atoms with Gasteiger partial charge in [0.25, 0.3) is 0 Å². The fourth-order valence-corrected chi connectivity index (χ4v) is 1.95. The Balaban J connectivity index is 2.02. The number of alkyl halides is 1. The molecule has 0 saturated heterocycles. The average molecular weight is 266 g/mol. The fraction of sp³-hybridized carbons (Fsp3) is 0.182. The quantitative estimate of drug-likeness (QED) is 0.729. The second kappa shape index (κ2) is 4.38. The van der Waals surface area contributed by atoms with Crippen molar-refractivity contribution in [3.05, 3.63) is 47.4 Å². The number of aromatic nitrogens is 5. The molecule has 0 aliphatic rings. The molecular weight excluding hydrogens is 257 g/mol. The lowest BCUT2D eigenvalue weighted by Gasteiger charge is -2.03. The van der Waals surface area contributed by atoms with Gasteiger partial charge < -0.3 is 4.57 Å². The Morgan fingerprint density at radius 3 is 2.94 bits per heavy atom. The lowest BCUT2D eigenvalue weighted by atomic mass is 10.2. The maximum Gasteiger partial charge on any atom is 0.166 e. The molecular formula is C11H9ClFN5. The van der Waals surface area contributed by atoms with Gasteiger partial charge in [0.05, 0.1) is 18.2 Å². The fourth-order valence-electron chi connectivity index (χ4n) is 1.81. The molecule has 0 amide bonds. The van der Waals surface area contributed by atoms with E-state index in [2.05, 4.69) is 15.1 Å². The summed E-state index contributed by atoms with van der Waals surface area (Å²) in [6.07, 6.45) is 5.29. The van der Waals surface area contributed by atoms with Gasteiger partial charge in [-0.05, 0) is 12.1 Å². The number of fused-ring (bicyclic) bond motifs is 1. The van der Waals surface area contributed by atoms with Crippen molar-refractivity contribution in [2.24, 2.45) is 0 Å². The van der Waals surface area contributed by atoms with Crippen LogP contribution in [0.25, 0.3) is 5.65 Å². The summed E-state index contributed by atoms with van der Waals surface area (Å²) in [4.78, 5) is 8.13. The van der Waals surface area contributed by atoms with Crippen LogP contribution in [-0.4, -0.2) is 24.1 Å². The maximum absolute atomic E-state index is 12.7. The van der Waals surface area contributed by atoms with Crippen LogP contribution in [-0.2, 0) is 13.2 Å². The summed E-state index contributed by atoms with van der Waals surface area (Å²) in [5.41, 5.74) is 2.31. The van der Waals surface area contributed by atoms with E-state index in [1.54, 1.807) is 29.0 Å². The topological polar surface area (TPSA) is 48.0 Å². The minimum absolute atomic E-state index is 0.390. The Kier molecular flexibility index (Phi) is 2.71. The van der Waals surface area contributed by atoms with Gasteiger partial charge in [0, 0.05) is 18.3 Å². The van der Waals surface area contributed by atoms with Crippen LogP contribution in [0.3, 0.4) is 0 Å². The van der Waals surface area contributed by atoms with Crippen LogP contribution >= 0.6 is 11.6 Å². The van der Waals surface area contributed by atoms with Gasteiger partial charge in [-0.15, -0.1) is 0 Å². The summed E-state index contributed by atoms with van der Waals surface area (Å²) in [6, 6.07) is 3.46. The molecule has 7 heteroatoms. The van der Waals surface area contributed by atoms with Crippen molar-refractivity contribution in [3.8, 4) is 0 Å². The molecule has 3 rings (SSSR count). The van der Waals surface area contributed by atoms with Crippen molar-refractivity contribution in [2.75, 3.05) is 0 Å². The van der Waals surface area contributed by atoms with Gasteiger partial charge in [0.1, 0.15) is 5.15 Å². The monoisotopic (exact) mass is 265 g/mol. The van der Waals surface area contributed by atoms with Gasteiger partial charge >= 0.3 is 0 Å². The van der Waals surface area contributed by atoms with Crippen LogP contribution in [0.4, 0.5) is 4.39 Å². The maximum atomic E-state index is 12.7. The van der Waals surface area contributed by atoms with E-state index in [9.17, 15) is 4.39 Å². The zero-order valence-corrected chi connectivity index (χ0v) is 10.0. The highest BCUT2D eigenvalue weighted by atomic mass is 35.5. The van der Waals surface area contributed by atoms with Gasteiger partial charge in [-0.25, -0.2) is 18.9 Å². The summed E-state index contributed by atoms with van der Waals surface area (Å²) < 4.78 is 15.8. The molecule has 5 nitrogen and oxygen atoms in total. The standard InChI is InChI=1S/C11H9ClFN5/c12-10-1-2-11-15-5-9(18(11)16-10)3-8-4-14-7-17(8)6-13/h1-2,4-5,7H,3,6H2. The van der Waals surface area contributed by atoms with E-state index in [-0.39, 0.29) is 0 Å². The third-order valence-electron chi connectivity index (χ3n) is 2.69. The van der Waals surface area contributed by atoms with E-state index in [0.717, 1.165) is 11.4 Å². The first-order valence-electron chi connectivity index (χ1n) is 5.32. The third kappa shape index (κ3) is 1.84. The number of rotatable bonds is 3. The molecule has 0 aliphatic heterocycles. The first kappa shape index (κ1) is 11.2. The van der Waals surface area contributed by atoms with Crippen LogP contribution in [0, 0.1) is 0 Å². The summed E-state index contributed by atoms with van der Waals surface area (Å²) in [5.74, 6) is 0.